The number of carbonyl (C=O) groups is 1. The summed E-state index contributed by atoms with van der Waals surface area (Å²) in [7, 11) is 5.27. The van der Waals surface area contributed by atoms with E-state index in [-0.39, 0.29) is 24.1 Å². The summed E-state index contributed by atoms with van der Waals surface area (Å²) >= 11 is 0. The first-order valence-corrected chi connectivity index (χ1v) is 7.30. The second-order valence-corrected chi connectivity index (χ2v) is 5.40. The Morgan fingerprint density at radius 2 is 2.17 bits per heavy atom. The maximum absolute atomic E-state index is 13.6. The van der Waals surface area contributed by atoms with E-state index >= 15 is 0 Å². The Labute approximate surface area is 135 Å². The van der Waals surface area contributed by atoms with Crippen LogP contribution in [0.5, 0.6) is 5.75 Å². The molecule has 2 aromatic rings. The lowest BCUT2D eigenvalue weighted by Gasteiger charge is -2.22. The van der Waals surface area contributed by atoms with E-state index in [1.54, 1.807) is 12.3 Å². The number of furan rings is 1. The van der Waals surface area contributed by atoms with Crippen molar-refractivity contribution in [1.29, 1.82) is 0 Å². The quantitative estimate of drug-likeness (QED) is 0.758. The molecule has 1 heterocycles. The van der Waals surface area contributed by atoms with Crippen LogP contribution in [-0.4, -0.2) is 45.0 Å². The van der Waals surface area contributed by atoms with Crippen LogP contribution in [0.4, 0.5) is 4.39 Å². The highest BCUT2D eigenvalue weighted by Gasteiger charge is 2.17. The molecule has 1 N–H and O–H groups in total. The van der Waals surface area contributed by atoms with Gasteiger partial charge in [-0.3, -0.25) is 9.69 Å². The zero-order valence-corrected chi connectivity index (χ0v) is 13.5. The number of rotatable bonds is 8. The highest BCUT2D eigenvalue weighted by Crippen LogP contribution is 2.19. The minimum atomic E-state index is -0.542. The normalized spacial score (nSPS) is 12.4. The van der Waals surface area contributed by atoms with Crippen LogP contribution in [0.25, 0.3) is 0 Å². The van der Waals surface area contributed by atoms with Crippen LogP contribution in [0.1, 0.15) is 22.2 Å². The Balaban J connectivity index is 1.92. The topological polar surface area (TPSA) is 54.7 Å². The molecule has 0 aliphatic heterocycles. The lowest BCUT2D eigenvalue weighted by atomic mass is 10.1. The summed E-state index contributed by atoms with van der Waals surface area (Å²) in [5.41, 5.74) is 0.315. The van der Waals surface area contributed by atoms with Crippen molar-refractivity contribution in [3.63, 3.8) is 0 Å². The molecule has 1 aromatic carbocycles. The lowest BCUT2D eigenvalue weighted by molar-refractivity contribution is 0.0987. The van der Waals surface area contributed by atoms with Crippen molar-refractivity contribution in [2.45, 2.75) is 6.04 Å². The van der Waals surface area contributed by atoms with Crippen molar-refractivity contribution in [3.05, 3.63) is 53.7 Å². The molecule has 0 saturated carbocycles. The third-order valence-corrected chi connectivity index (χ3v) is 3.59. The van der Waals surface area contributed by atoms with E-state index in [0.29, 0.717) is 12.1 Å². The monoisotopic (exact) mass is 320 g/mol. The molecule has 23 heavy (non-hydrogen) atoms. The highest BCUT2D eigenvalue weighted by atomic mass is 19.1. The van der Waals surface area contributed by atoms with E-state index in [9.17, 15) is 9.18 Å². The number of carbonyl (C=O) groups excluding carboxylic acids is 1. The van der Waals surface area contributed by atoms with Crippen molar-refractivity contribution < 1.29 is 18.3 Å². The zero-order chi connectivity index (χ0) is 16.8. The molecule has 0 spiro atoms. The number of halogens is 1. The van der Waals surface area contributed by atoms with Gasteiger partial charge < -0.3 is 14.5 Å². The minimum absolute atomic E-state index is 0.0189. The molecule has 124 valence electrons. The summed E-state index contributed by atoms with van der Waals surface area (Å²) in [4.78, 5) is 14.1. The number of methoxy groups -OCH3 is 1. The number of nitrogens with zero attached hydrogens (tertiary/aromatic N) is 1. The van der Waals surface area contributed by atoms with Gasteiger partial charge in [-0.25, -0.2) is 4.39 Å². The van der Waals surface area contributed by atoms with Crippen molar-refractivity contribution in [2.24, 2.45) is 0 Å². The third-order valence-electron chi connectivity index (χ3n) is 3.59. The fourth-order valence-corrected chi connectivity index (χ4v) is 2.28. The van der Waals surface area contributed by atoms with Gasteiger partial charge in [0, 0.05) is 12.1 Å². The molecular weight excluding hydrogens is 299 g/mol. The Kier molecular flexibility index (Phi) is 5.90. The predicted molar refractivity (Wildman–Crippen MR) is 85.3 cm³/mol. The van der Waals surface area contributed by atoms with E-state index < -0.39 is 5.82 Å². The first-order valence-electron chi connectivity index (χ1n) is 7.30. The van der Waals surface area contributed by atoms with Crippen molar-refractivity contribution in [1.82, 2.24) is 10.2 Å². The maximum Gasteiger partial charge on any atom is 0.176 e. The number of ether oxygens (including phenoxy) is 1. The first kappa shape index (κ1) is 17.2. The molecule has 0 amide bonds. The largest absolute Gasteiger partial charge is 0.494 e. The second kappa shape index (κ2) is 7.89. The first-order chi connectivity index (χ1) is 11.0. The van der Waals surface area contributed by atoms with Gasteiger partial charge in [0.15, 0.2) is 17.3 Å². The number of Topliss-reactive ketones (excluding diaryl/α,β-unsaturated/α-hetero) is 1. The van der Waals surface area contributed by atoms with Crippen LogP contribution >= 0.6 is 0 Å². The molecule has 1 aromatic heterocycles. The van der Waals surface area contributed by atoms with Crippen molar-refractivity contribution in [2.75, 3.05) is 34.3 Å². The fourth-order valence-electron chi connectivity index (χ4n) is 2.28. The highest BCUT2D eigenvalue weighted by molar-refractivity contribution is 5.97. The van der Waals surface area contributed by atoms with Gasteiger partial charge in [0.1, 0.15) is 5.76 Å². The Hall–Kier alpha value is -2.18. The van der Waals surface area contributed by atoms with Crippen LogP contribution in [0, 0.1) is 5.82 Å². The van der Waals surface area contributed by atoms with Gasteiger partial charge in [0.05, 0.1) is 26.0 Å². The van der Waals surface area contributed by atoms with Gasteiger partial charge in [-0.05, 0) is 44.4 Å². The fraction of sp³-hybridized carbons (Fsp3) is 0.353. The van der Waals surface area contributed by atoms with Crippen molar-refractivity contribution >= 4 is 5.78 Å². The minimum Gasteiger partial charge on any atom is -0.494 e. The second-order valence-electron chi connectivity index (χ2n) is 5.40. The van der Waals surface area contributed by atoms with Gasteiger partial charge >= 0.3 is 0 Å². The third kappa shape index (κ3) is 4.40. The molecule has 0 aliphatic carbocycles. The van der Waals surface area contributed by atoms with Gasteiger partial charge in [-0.15, -0.1) is 0 Å². The summed E-state index contributed by atoms with van der Waals surface area (Å²) in [6, 6.07) is 7.95. The van der Waals surface area contributed by atoms with Crippen LogP contribution in [0.3, 0.4) is 0 Å². The Morgan fingerprint density at radius 1 is 1.39 bits per heavy atom. The maximum atomic E-state index is 13.6. The van der Waals surface area contributed by atoms with Crippen molar-refractivity contribution in [3.8, 4) is 5.75 Å². The van der Waals surface area contributed by atoms with Crippen LogP contribution in [0.2, 0.25) is 0 Å². The Morgan fingerprint density at radius 3 is 2.74 bits per heavy atom. The molecular formula is C17H21FN2O3. The Bertz CT molecular complexity index is 641. The summed E-state index contributed by atoms with van der Waals surface area (Å²) in [6.45, 7) is 0.668. The number of benzene rings is 1. The van der Waals surface area contributed by atoms with Crippen LogP contribution < -0.4 is 10.1 Å². The molecule has 0 radical (unpaired) electrons. The summed E-state index contributed by atoms with van der Waals surface area (Å²) in [6.07, 6.45) is 1.62. The van der Waals surface area contributed by atoms with Gasteiger partial charge in [-0.1, -0.05) is 0 Å². The number of hydrogen-bond acceptors (Lipinski definition) is 5. The summed E-state index contributed by atoms with van der Waals surface area (Å²) in [5.74, 6) is 0.231. The average molecular weight is 320 g/mol. The summed E-state index contributed by atoms with van der Waals surface area (Å²) < 4.78 is 23.9. The van der Waals surface area contributed by atoms with E-state index in [0.717, 1.165) is 5.76 Å². The van der Waals surface area contributed by atoms with E-state index in [2.05, 4.69) is 5.32 Å². The predicted octanol–water partition coefficient (Wildman–Crippen LogP) is 2.50. The molecule has 0 saturated heterocycles. The SMILES string of the molecule is COc1ccc(C(=O)CNCC(c2ccco2)N(C)C)cc1F. The van der Waals surface area contributed by atoms with E-state index in [1.165, 1.54) is 19.2 Å². The van der Waals surface area contributed by atoms with Gasteiger partial charge in [-0.2, -0.15) is 0 Å². The number of hydrogen-bond donors (Lipinski definition) is 1. The zero-order valence-electron chi connectivity index (χ0n) is 13.5. The number of nitrogens with one attached hydrogen (secondary N) is 1. The van der Waals surface area contributed by atoms with Crippen LogP contribution in [-0.2, 0) is 0 Å². The molecule has 0 aliphatic rings. The van der Waals surface area contributed by atoms with E-state index in [4.69, 9.17) is 9.15 Å². The molecule has 1 atom stereocenters. The number of ketones is 1. The smallest absolute Gasteiger partial charge is 0.176 e. The molecule has 5 nitrogen and oxygen atoms in total. The van der Waals surface area contributed by atoms with Gasteiger partial charge in [0.2, 0.25) is 0 Å². The van der Waals surface area contributed by atoms with E-state index in [1.807, 2.05) is 31.1 Å². The molecule has 0 bridgehead atoms. The average Bonchev–Trinajstić information content (AvgIpc) is 3.04. The van der Waals surface area contributed by atoms with Crippen LogP contribution in [0.15, 0.2) is 41.0 Å². The lowest BCUT2D eigenvalue weighted by Crippen LogP contribution is -2.33. The summed E-state index contributed by atoms with van der Waals surface area (Å²) in [5, 5.41) is 3.10. The molecule has 6 heteroatoms. The molecule has 2 rings (SSSR count). The molecule has 0 fully saturated rings. The standard InChI is InChI=1S/C17H21FN2O3/c1-20(2)14(17-5-4-8-23-17)10-19-11-15(21)12-6-7-16(22-3)13(18)9-12/h4-9,14,19H,10-11H2,1-3H3. The molecule has 1 unspecified atom stereocenters. The number of likely N-dealkylation sites (N-methyl/N-ethyl adjacent to an activating group) is 1. The van der Waals surface area contributed by atoms with Gasteiger partial charge in [0.25, 0.3) is 0 Å².